The second-order valence-corrected chi connectivity index (χ2v) is 10.0. The van der Waals surface area contributed by atoms with Gasteiger partial charge >= 0.3 is 0 Å². The van der Waals surface area contributed by atoms with E-state index in [1.807, 2.05) is 0 Å². The van der Waals surface area contributed by atoms with Crippen molar-refractivity contribution in [1.82, 2.24) is 9.97 Å². The van der Waals surface area contributed by atoms with Crippen LogP contribution in [-0.2, 0) is 10.0 Å². The van der Waals surface area contributed by atoms with E-state index in [1.165, 1.54) is 24.9 Å². The number of piperidine rings is 1. The lowest BCUT2D eigenvalue weighted by Gasteiger charge is -2.27. The molecule has 1 aliphatic rings. The largest absolute Gasteiger partial charge is 0.356 e. The summed E-state index contributed by atoms with van der Waals surface area (Å²) in [5.74, 6) is 0.625. The molecular formula is C17H18Cl3N5O2S. The molecule has 0 radical (unpaired) electrons. The van der Waals surface area contributed by atoms with Gasteiger partial charge in [0.2, 0.25) is 3.79 Å². The molecule has 2 aromatic rings. The number of rotatable bonds is 4. The Hall–Kier alpha value is -1.61. The molecule has 1 saturated heterocycles. The van der Waals surface area contributed by atoms with Gasteiger partial charge in [-0.15, -0.1) is 4.40 Å². The fourth-order valence-electron chi connectivity index (χ4n) is 2.74. The maximum absolute atomic E-state index is 12.5. The molecule has 0 spiro atoms. The van der Waals surface area contributed by atoms with E-state index in [-0.39, 0.29) is 16.5 Å². The first-order chi connectivity index (χ1) is 13.3. The third-order valence-electron chi connectivity index (χ3n) is 4.10. The molecule has 150 valence electrons. The van der Waals surface area contributed by atoms with Crippen LogP contribution in [0, 0.1) is 0 Å². The Kier molecular flexibility index (Phi) is 6.65. The van der Waals surface area contributed by atoms with Crippen LogP contribution in [0.4, 0.5) is 11.6 Å². The molecule has 0 amide bonds. The summed E-state index contributed by atoms with van der Waals surface area (Å²) < 4.78 is 26.7. The van der Waals surface area contributed by atoms with Crippen LogP contribution in [0.5, 0.6) is 0 Å². The van der Waals surface area contributed by atoms with E-state index < -0.39 is 13.8 Å². The molecule has 0 atom stereocenters. The summed E-state index contributed by atoms with van der Waals surface area (Å²) in [5.41, 5.74) is 0. The maximum Gasteiger partial charge on any atom is 0.284 e. The number of nitrogens with zero attached hydrogens (tertiary/aromatic N) is 4. The molecule has 1 aromatic carbocycles. The predicted molar refractivity (Wildman–Crippen MR) is 113 cm³/mol. The van der Waals surface area contributed by atoms with E-state index in [0.29, 0.717) is 5.82 Å². The number of amidine groups is 1. The Morgan fingerprint density at radius 3 is 2.39 bits per heavy atom. The molecule has 1 fully saturated rings. The predicted octanol–water partition coefficient (Wildman–Crippen LogP) is 4.04. The molecule has 2 heterocycles. The SMILES string of the molecule is O=S(=O)(N=C(Nc1cc(N2CCCCC2)ncn1)C(Cl)(Cl)Cl)c1ccccc1. The zero-order valence-electron chi connectivity index (χ0n) is 14.7. The van der Waals surface area contributed by atoms with Crippen LogP contribution < -0.4 is 10.2 Å². The van der Waals surface area contributed by atoms with Crippen molar-refractivity contribution in [3.05, 3.63) is 42.7 Å². The van der Waals surface area contributed by atoms with Crippen molar-refractivity contribution in [2.45, 2.75) is 28.0 Å². The Labute approximate surface area is 178 Å². The van der Waals surface area contributed by atoms with Crippen LogP contribution >= 0.6 is 34.8 Å². The van der Waals surface area contributed by atoms with Crippen molar-refractivity contribution < 1.29 is 8.42 Å². The first-order valence-corrected chi connectivity index (χ1v) is 11.1. The molecule has 0 aliphatic carbocycles. The van der Waals surface area contributed by atoms with Crippen molar-refractivity contribution in [2.75, 3.05) is 23.3 Å². The van der Waals surface area contributed by atoms with Crippen LogP contribution in [-0.4, -0.2) is 41.1 Å². The summed E-state index contributed by atoms with van der Waals surface area (Å²) in [6.45, 7) is 1.79. The van der Waals surface area contributed by atoms with Crippen molar-refractivity contribution >= 4 is 62.3 Å². The number of nitrogens with one attached hydrogen (secondary N) is 1. The standard InChI is InChI=1S/C17H18Cl3N5O2S/c18-17(19,20)16(24-28(26,27)13-7-3-1-4-8-13)23-14-11-15(22-12-21-14)25-9-5-2-6-10-25/h1,3-4,7-8,11-12H,2,5-6,9-10H2,(H,21,22,23,24). The smallest absolute Gasteiger partial charge is 0.284 e. The molecule has 1 aliphatic heterocycles. The average Bonchev–Trinajstić information content (AvgIpc) is 2.68. The Morgan fingerprint density at radius 2 is 1.75 bits per heavy atom. The third-order valence-corrected chi connectivity index (χ3v) is 5.93. The van der Waals surface area contributed by atoms with Crippen LogP contribution in [0.25, 0.3) is 0 Å². The number of hydrogen-bond acceptors (Lipinski definition) is 5. The van der Waals surface area contributed by atoms with Gasteiger partial charge in [0.1, 0.15) is 18.0 Å². The monoisotopic (exact) mass is 461 g/mol. The average molecular weight is 463 g/mol. The van der Waals surface area contributed by atoms with E-state index in [9.17, 15) is 8.42 Å². The number of benzene rings is 1. The lowest BCUT2D eigenvalue weighted by Crippen LogP contribution is -2.31. The molecule has 1 aromatic heterocycles. The van der Waals surface area contributed by atoms with Crippen LogP contribution in [0.3, 0.4) is 0 Å². The summed E-state index contributed by atoms with van der Waals surface area (Å²) in [6.07, 6.45) is 4.73. The van der Waals surface area contributed by atoms with E-state index in [0.717, 1.165) is 25.9 Å². The Balaban J connectivity index is 1.90. The van der Waals surface area contributed by atoms with E-state index in [2.05, 4.69) is 24.6 Å². The minimum Gasteiger partial charge on any atom is -0.356 e. The van der Waals surface area contributed by atoms with Gasteiger partial charge < -0.3 is 10.2 Å². The second-order valence-electron chi connectivity index (χ2n) is 6.16. The van der Waals surface area contributed by atoms with Gasteiger partial charge in [0.05, 0.1) is 4.90 Å². The first kappa shape index (κ1) is 21.1. The fourth-order valence-corrected chi connectivity index (χ4v) is 4.19. The number of halogens is 3. The van der Waals surface area contributed by atoms with Gasteiger partial charge in [0.15, 0.2) is 5.84 Å². The maximum atomic E-state index is 12.5. The van der Waals surface area contributed by atoms with E-state index in [1.54, 1.807) is 24.3 Å². The highest BCUT2D eigenvalue weighted by Crippen LogP contribution is 2.30. The Bertz CT molecular complexity index is 943. The lowest BCUT2D eigenvalue weighted by molar-refractivity contribution is 0.573. The summed E-state index contributed by atoms with van der Waals surface area (Å²) >= 11 is 17.9. The minimum absolute atomic E-state index is 0.0137. The molecular weight excluding hydrogens is 445 g/mol. The van der Waals surface area contributed by atoms with Gasteiger partial charge in [0.25, 0.3) is 10.0 Å². The summed E-state index contributed by atoms with van der Waals surface area (Å²) in [4.78, 5) is 10.5. The first-order valence-electron chi connectivity index (χ1n) is 8.57. The van der Waals surface area contributed by atoms with Crippen LogP contribution in [0.1, 0.15) is 19.3 Å². The highest BCUT2D eigenvalue weighted by molar-refractivity contribution is 7.90. The quantitative estimate of drug-likeness (QED) is 0.419. The van der Waals surface area contributed by atoms with Gasteiger partial charge in [-0.3, -0.25) is 0 Å². The molecule has 0 unspecified atom stereocenters. The third kappa shape index (κ3) is 5.47. The zero-order valence-corrected chi connectivity index (χ0v) is 17.8. The summed E-state index contributed by atoms with van der Waals surface area (Å²) in [5, 5.41) is 2.72. The van der Waals surface area contributed by atoms with Gasteiger partial charge in [-0.1, -0.05) is 53.0 Å². The van der Waals surface area contributed by atoms with Gasteiger partial charge in [-0.25, -0.2) is 9.97 Å². The molecule has 0 saturated carbocycles. The number of alkyl halides is 3. The topological polar surface area (TPSA) is 87.5 Å². The molecule has 3 rings (SSSR count). The van der Waals surface area contributed by atoms with E-state index in [4.69, 9.17) is 34.8 Å². The fraction of sp³-hybridized carbons (Fsp3) is 0.353. The molecule has 0 bridgehead atoms. The molecule has 28 heavy (non-hydrogen) atoms. The molecule has 11 heteroatoms. The molecule has 7 nitrogen and oxygen atoms in total. The van der Waals surface area contributed by atoms with Crippen molar-refractivity contribution in [2.24, 2.45) is 4.40 Å². The highest BCUT2D eigenvalue weighted by atomic mass is 35.6. The number of aromatic nitrogens is 2. The summed E-state index contributed by atoms with van der Waals surface area (Å²) in [7, 11) is -4.08. The number of anilines is 2. The van der Waals surface area contributed by atoms with Crippen molar-refractivity contribution in [1.29, 1.82) is 0 Å². The number of hydrogen-bond donors (Lipinski definition) is 1. The van der Waals surface area contributed by atoms with Gasteiger partial charge in [-0.2, -0.15) is 8.42 Å². The molecule has 1 N–H and O–H groups in total. The minimum atomic E-state index is -4.08. The normalized spacial score (nSPS) is 16.1. The van der Waals surface area contributed by atoms with E-state index >= 15 is 0 Å². The van der Waals surface area contributed by atoms with Crippen molar-refractivity contribution in [3.8, 4) is 0 Å². The zero-order chi connectivity index (χ0) is 20.2. The Morgan fingerprint density at radius 1 is 1.07 bits per heavy atom. The van der Waals surface area contributed by atoms with Gasteiger partial charge in [-0.05, 0) is 31.4 Å². The summed E-state index contributed by atoms with van der Waals surface area (Å²) in [6, 6.07) is 9.36. The lowest BCUT2D eigenvalue weighted by atomic mass is 10.1. The van der Waals surface area contributed by atoms with Gasteiger partial charge in [0, 0.05) is 19.2 Å². The van der Waals surface area contributed by atoms with Crippen LogP contribution in [0.2, 0.25) is 0 Å². The number of sulfonamides is 1. The van der Waals surface area contributed by atoms with Crippen molar-refractivity contribution in [3.63, 3.8) is 0 Å². The second kappa shape index (κ2) is 8.82. The highest BCUT2D eigenvalue weighted by Gasteiger charge is 2.31. The van der Waals surface area contributed by atoms with Crippen LogP contribution in [0.15, 0.2) is 52.0 Å².